The number of hydrogen-bond donors (Lipinski definition) is 2. The zero-order chi connectivity index (χ0) is 20.9. The molecule has 2 aromatic heterocycles. The van der Waals surface area contributed by atoms with Crippen molar-refractivity contribution in [2.24, 2.45) is 0 Å². The highest BCUT2D eigenvalue weighted by Crippen LogP contribution is 2.36. The van der Waals surface area contributed by atoms with Crippen LogP contribution < -0.4 is 11.2 Å². The number of halogens is 3. The van der Waals surface area contributed by atoms with Crippen LogP contribution in [-0.4, -0.2) is 19.0 Å². The Balaban J connectivity index is 1.96. The average molecular weight is 419 g/mol. The molecule has 6 nitrogen and oxygen atoms in total. The lowest BCUT2D eigenvalue weighted by atomic mass is 10.1. The summed E-state index contributed by atoms with van der Waals surface area (Å²) >= 11 is 1.16. The van der Waals surface area contributed by atoms with E-state index in [1.54, 1.807) is 29.2 Å². The number of aromatic hydroxyl groups is 1. The fourth-order valence-corrected chi connectivity index (χ4v) is 3.84. The number of benzene rings is 2. The molecule has 2 N–H and O–H groups in total. The van der Waals surface area contributed by atoms with Crippen molar-refractivity contribution < 1.29 is 18.3 Å². The lowest BCUT2D eigenvalue weighted by molar-refractivity contribution is -0.142. The predicted octanol–water partition coefficient (Wildman–Crippen LogP) is 3.84. The molecule has 4 aromatic rings. The number of nitrogens with one attached hydrogen (secondary N) is 1. The van der Waals surface area contributed by atoms with Gasteiger partial charge in [0, 0.05) is 16.5 Å². The Morgan fingerprint density at radius 1 is 1.14 bits per heavy atom. The molecule has 0 bridgehead atoms. The molecule has 0 aliphatic carbocycles. The van der Waals surface area contributed by atoms with Crippen molar-refractivity contribution in [2.45, 2.75) is 13.1 Å². The van der Waals surface area contributed by atoms with E-state index in [2.05, 4.69) is 4.37 Å². The smallest absolute Gasteiger partial charge is 0.431 e. The predicted molar refractivity (Wildman–Crippen MR) is 103 cm³/mol. The van der Waals surface area contributed by atoms with Gasteiger partial charge >= 0.3 is 11.9 Å². The zero-order valence-corrected chi connectivity index (χ0v) is 15.6. The summed E-state index contributed by atoms with van der Waals surface area (Å²) < 4.78 is 44.8. The van der Waals surface area contributed by atoms with Crippen LogP contribution in [0.4, 0.5) is 13.2 Å². The average Bonchev–Trinajstić information content (AvgIpc) is 3.07. The molecular weight excluding hydrogens is 407 g/mol. The van der Waals surface area contributed by atoms with E-state index in [1.165, 1.54) is 18.2 Å². The number of fused-ring (bicyclic) bond motifs is 1. The van der Waals surface area contributed by atoms with Gasteiger partial charge in [0.15, 0.2) is 0 Å². The monoisotopic (exact) mass is 419 g/mol. The third-order valence-electron chi connectivity index (χ3n) is 4.49. The van der Waals surface area contributed by atoms with Crippen LogP contribution in [0.2, 0.25) is 0 Å². The van der Waals surface area contributed by atoms with Crippen LogP contribution in [0.25, 0.3) is 27.0 Å². The van der Waals surface area contributed by atoms with E-state index in [9.17, 15) is 27.9 Å². The molecule has 2 heterocycles. The summed E-state index contributed by atoms with van der Waals surface area (Å²) in [6.07, 6.45) is -4.85. The number of aromatic nitrogens is 3. The Morgan fingerprint density at radius 2 is 1.86 bits per heavy atom. The Labute approximate surface area is 164 Å². The van der Waals surface area contributed by atoms with Crippen LogP contribution in [0.5, 0.6) is 5.75 Å². The SMILES string of the molecule is Cc1c(C(F)(F)F)[nH]c(=O)n(-c2ccc3snc(-c4ccccc4O)c3c2)c1=O. The van der Waals surface area contributed by atoms with Gasteiger partial charge in [-0.2, -0.15) is 17.5 Å². The summed E-state index contributed by atoms with van der Waals surface area (Å²) in [6.45, 7) is 1.01. The van der Waals surface area contributed by atoms with E-state index in [0.29, 0.717) is 21.2 Å². The van der Waals surface area contributed by atoms with Crippen molar-refractivity contribution in [3.63, 3.8) is 0 Å². The topological polar surface area (TPSA) is 88.0 Å². The molecule has 0 unspecified atom stereocenters. The molecule has 0 amide bonds. The van der Waals surface area contributed by atoms with Gasteiger partial charge in [0.1, 0.15) is 11.4 Å². The first-order valence-corrected chi connectivity index (χ1v) is 9.07. The van der Waals surface area contributed by atoms with E-state index in [-0.39, 0.29) is 11.4 Å². The van der Waals surface area contributed by atoms with Gasteiger partial charge in [-0.25, -0.2) is 9.36 Å². The molecule has 29 heavy (non-hydrogen) atoms. The number of para-hydroxylation sites is 1. The lowest BCUT2D eigenvalue weighted by Crippen LogP contribution is -2.38. The van der Waals surface area contributed by atoms with Crippen LogP contribution in [-0.2, 0) is 6.18 Å². The molecule has 2 aromatic carbocycles. The first-order chi connectivity index (χ1) is 13.7. The van der Waals surface area contributed by atoms with Gasteiger partial charge < -0.3 is 10.1 Å². The van der Waals surface area contributed by atoms with Gasteiger partial charge in [-0.1, -0.05) is 12.1 Å². The van der Waals surface area contributed by atoms with Gasteiger partial charge in [0.2, 0.25) is 0 Å². The molecule has 4 rings (SSSR count). The fraction of sp³-hybridized carbons (Fsp3) is 0.105. The van der Waals surface area contributed by atoms with Crippen LogP contribution in [0.3, 0.4) is 0 Å². The first-order valence-electron chi connectivity index (χ1n) is 8.30. The molecule has 0 aliphatic rings. The molecule has 148 valence electrons. The highest BCUT2D eigenvalue weighted by atomic mass is 32.1. The third kappa shape index (κ3) is 3.11. The third-order valence-corrected chi connectivity index (χ3v) is 5.31. The molecule has 0 fully saturated rings. The Hall–Kier alpha value is -3.40. The van der Waals surface area contributed by atoms with Gasteiger partial charge in [-0.3, -0.25) is 4.79 Å². The summed E-state index contributed by atoms with van der Waals surface area (Å²) in [4.78, 5) is 26.6. The fourth-order valence-electron chi connectivity index (χ4n) is 3.08. The summed E-state index contributed by atoms with van der Waals surface area (Å²) in [5.74, 6) is 0.00508. The number of phenols is 1. The number of H-pyrrole nitrogens is 1. The Kier molecular flexibility index (Phi) is 4.30. The van der Waals surface area contributed by atoms with Crippen molar-refractivity contribution in [2.75, 3.05) is 0 Å². The van der Waals surface area contributed by atoms with E-state index < -0.39 is 28.7 Å². The number of hydrogen-bond acceptors (Lipinski definition) is 5. The second kappa shape index (κ2) is 6.59. The van der Waals surface area contributed by atoms with Crippen molar-refractivity contribution in [3.8, 4) is 22.7 Å². The van der Waals surface area contributed by atoms with Crippen LogP contribution in [0.1, 0.15) is 11.3 Å². The molecule has 0 aliphatic heterocycles. The van der Waals surface area contributed by atoms with Crippen molar-refractivity contribution in [1.82, 2.24) is 13.9 Å². The molecule has 0 radical (unpaired) electrons. The maximum Gasteiger partial charge on any atom is 0.431 e. The largest absolute Gasteiger partial charge is 0.507 e. The number of nitrogens with zero attached hydrogens (tertiary/aromatic N) is 2. The van der Waals surface area contributed by atoms with Crippen molar-refractivity contribution >= 4 is 21.6 Å². The number of phenolic OH excluding ortho intramolecular Hbond substituents is 1. The second-order valence-corrected chi connectivity index (χ2v) is 7.10. The zero-order valence-electron chi connectivity index (χ0n) is 14.7. The highest BCUT2D eigenvalue weighted by molar-refractivity contribution is 7.13. The van der Waals surface area contributed by atoms with Crippen LogP contribution in [0, 0.1) is 6.92 Å². The maximum atomic E-state index is 13.0. The standard InChI is InChI=1S/C19H12F3N3O3S/c1-9-16(19(20,21)22)23-18(28)25(17(9)27)10-6-7-14-12(8-10)15(24-29-14)11-4-2-3-5-13(11)26/h2-8,26H,1H3,(H,23,28). The summed E-state index contributed by atoms with van der Waals surface area (Å²) in [7, 11) is 0. The molecule has 10 heteroatoms. The normalized spacial score (nSPS) is 11.9. The van der Waals surface area contributed by atoms with E-state index in [1.807, 2.05) is 0 Å². The highest BCUT2D eigenvalue weighted by Gasteiger charge is 2.35. The Bertz CT molecular complexity index is 1370. The van der Waals surface area contributed by atoms with Crippen molar-refractivity contribution in [1.29, 1.82) is 0 Å². The molecule has 0 saturated heterocycles. The van der Waals surface area contributed by atoms with E-state index >= 15 is 0 Å². The minimum atomic E-state index is -4.85. The van der Waals surface area contributed by atoms with Gasteiger partial charge in [0.25, 0.3) is 5.56 Å². The van der Waals surface area contributed by atoms with Gasteiger partial charge in [0.05, 0.1) is 16.1 Å². The number of alkyl halides is 3. The lowest BCUT2D eigenvalue weighted by Gasteiger charge is -2.12. The van der Waals surface area contributed by atoms with Crippen LogP contribution >= 0.6 is 11.5 Å². The Morgan fingerprint density at radius 3 is 2.55 bits per heavy atom. The number of aromatic amines is 1. The summed E-state index contributed by atoms with van der Waals surface area (Å²) in [5, 5.41) is 10.7. The summed E-state index contributed by atoms with van der Waals surface area (Å²) in [6, 6.07) is 11.1. The molecule has 0 saturated carbocycles. The van der Waals surface area contributed by atoms with Gasteiger partial charge in [-0.05, 0) is 48.8 Å². The van der Waals surface area contributed by atoms with E-state index in [4.69, 9.17) is 0 Å². The summed E-state index contributed by atoms with van der Waals surface area (Å²) in [5.41, 5.74) is -3.23. The maximum absolute atomic E-state index is 13.0. The quantitative estimate of drug-likeness (QED) is 0.517. The molecule has 0 atom stereocenters. The minimum Gasteiger partial charge on any atom is -0.507 e. The molecular formula is C19H12F3N3O3S. The second-order valence-electron chi connectivity index (χ2n) is 6.30. The van der Waals surface area contributed by atoms with Crippen LogP contribution in [0.15, 0.2) is 52.1 Å². The van der Waals surface area contributed by atoms with E-state index in [0.717, 1.165) is 23.2 Å². The van der Waals surface area contributed by atoms with Crippen molar-refractivity contribution in [3.05, 3.63) is 74.6 Å². The molecule has 0 spiro atoms. The first kappa shape index (κ1) is 18.9. The van der Waals surface area contributed by atoms with Gasteiger partial charge in [-0.15, -0.1) is 0 Å². The number of rotatable bonds is 2. The minimum absolute atomic E-state index is 0.00508.